The zero-order chi connectivity index (χ0) is 10.1. The maximum absolute atomic E-state index is 7.72. The molecule has 72 valence electrons. The van der Waals surface area contributed by atoms with Crippen molar-refractivity contribution in [3.05, 3.63) is 23.8 Å². The summed E-state index contributed by atoms with van der Waals surface area (Å²) in [6, 6.07) is -0.0478. The molecule has 1 atom stereocenters. The average molecular weight is 196 g/mol. The molecule has 0 saturated heterocycles. The highest BCUT2D eigenvalue weighted by Crippen LogP contribution is 2.30. The smallest absolute Gasteiger partial charge is 0.0801 e. The van der Waals surface area contributed by atoms with Crippen molar-refractivity contribution in [3.8, 4) is 0 Å². The first kappa shape index (κ1) is 10.5. The van der Waals surface area contributed by atoms with E-state index in [9.17, 15) is 0 Å². The molecule has 0 aromatic carbocycles. The van der Waals surface area contributed by atoms with Crippen molar-refractivity contribution in [1.82, 2.24) is 4.72 Å². The number of nitrogens with one attached hydrogen (secondary N) is 2. The fourth-order valence-corrected chi connectivity index (χ4v) is 1.72. The predicted molar refractivity (Wildman–Crippen MR) is 60.3 cm³/mol. The minimum atomic E-state index is -0.0478. The van der Waals surface area contributed by atoms with Crippen LogP contribution >= 0.6 is 12.8 Å². The van der Waals surface area contributed by atoms with Gasteiger partial charge in [0, 0.05) is 0 Å². The number of rotatable bonds is 1. The van der Waals surface area contributed by atoms with E-state index in [1.54, 1.807) is 6.08 Å². The lowest BCUT2D eigenvalue weighted by Crippen LogP contribution is -2.37. The standard InChI is InChI=1S/C10H16N2S/c1-10(2,3)7-5-4-6-8(11)9(7)12-13/h4-6,9,11-13H,1-3H3/t9-/m0/s1. The summed E-state index contributed by atoms with van der Waals surface area (Å²) in [6.45, 7) is 6.43. The molecule has 0 amide bonds. The monoisotopic (exact) mass is 196 g/mol. The molecule has 1 aliphatic rings. The van der Waals surface area contributed by atoms with Gasteiger partial charge in [-0.15, -0.1) is 0 Å². The second kappa shape index (κ2) is 3.68. The summed E-state index contributed by atoms with van der Waals surface area (Å²) in [5.74, 6) is 0. The van der Waals surface area contributed by atoms with Crippen molar-refractivity contribution >= 4 is 18.5 Å². The summed E-state index contributed by atoms with van der Waals surface area (Å²) in [5.41, 5.74) is 1.86. The Hall–Kier alpha value is -0.540. The molecule has 3 heteroatoms. The van der Waals surface area contributed by atoms with Crippen LogP contribution in [0.3, 0.4) is 0 Å². The van der Waals surface area contributed by atoms with Crippen LogP contribution in [0.15, 0.2) is 23.8 Å². The number of hydrogen-bond donors (Lipinski definition) is 3. The van der Waals surface area contributed by atoms with Crippen LogP contribution in [0.25, 0.3) is 0 Å². The van der Waals surface area contributed by atoms with Crippen LogP contribution in [0.2, 0.25) is 0 Å². The Balaban J connectivity index is 3.00. The predicted octanol–water partition coefficient (Wildman–Crippen LogP) is 2.35. The number of thiol groups is 1. The molecule has 0 aliphatic heterocycles. The van der Waals surface area contributed by atoms with E-state index in [4.69, 9.17) is 5.41 Å². The number of hydrogen-bond acceptors (Lipinski definition) is 3. The maximum Gasteiger partial charge on any atom is 0.0801 e. The van der Waals surface area contributed by atoms with E-state index >= 15 is 0 Å². The van der Waals surface area contributed by atoms with Crippen LogP contribution < -0.4 is 4.72 Å². The molecule has 0 heterocycles. The molecular weight excluding hydrogens is 180 g/mol. The molecule has 2 nitrogen and oxygen atoms in total. The molecule has 0 spiro atoms. The second-order valence-electron chi connectivity index (χ2n) is 4.25. The van der Waals surface area contributed by atoms with Crippen molar-refractivity contribution in [3.63, 3.8) is 0 Å². The Morgan fingerprint density at radius 3 is 2.46 bits per heavy atom. The topological polar surface area (TPSA) is 35.9 Å². The molecule has 1 rings (SSSR count). The molecule has 0 saturated carbocycles. The Kier molecular flexibility index (Phi) is 2.98. The molecule has 0 aromatic heterocycles. The van der Waals surface area contributed by atoms with Gasteiger partial charge in [0.15, 0.2) is 0 Å². The van der Waals surface area contributed by atoms with Crippen LogP contribution in [0.1, 0.15) is 20.8 Å². The summed E-state index contributed by atoms with van der Waals surface area (Å²) >= 11 is 4.05. The van der Waals surface area contributed by atoms with Crippen LogP contribution in [-0.2, 0) is 0 Å². The number of allylic oxidation sites excluding steroid dienone is 2. The van der Waals surface area contributed by atoms with Crippen LogP contribution in [0, 0.1) is 10.8 Å². The Morgan fingerprint density at radius 2 is 2.08 bits per heavy atom. The Bertz CT molecular complexity index is 271. The van der Waals surface area contributed by atoms with Crippen molar-refractivity contribution < 1.29 is 0 Å². The highest BCUT2D eigenvalue weighted by molar-refractivity contribution is 7.78. The largest absolute Gasteiger partial charge is 0.303 e. The first-order valence-electron chi connectivity index (χ1n) is 4.33. The quantitative estimate of drug-likeness (QED) is 0.553. The second-order valence-corrected chi connectivity index (χ2v) is 4.51. The van der Waals surface area contributed by atoms with Gasteiger partial charge in [0.2, 0.25) is 0 Å². The van der Waals surface area contributed by atoms with E-state index in [2.05, 4.69) is 44.4 Å². The molecule has 2 N–H and O–H groups in total. The van der Waals surface area contributed by atoms with Crippen LogP contribution in [0.4, 0.5) is 0 Å². The minimum absolute atomic E-state index is 0.0478. The van der Waals surface area contributed by atoms with Crippen molar-refractivity contribution in [2.24, 2.45) is 5.41 Å². The Morgan fingerprint density at radius 1 is 1.46 bits per heavy atom. The lowest BCUT2D eigenvalue weighted by atomic mass is 9.79. The van der Waals surface area contributed by atoms with Gasteiger partial charge in [-0.3, -0.25) is 4.72 Å². The third kappa shape index (κ3) is 2.23. The maximum atomic E-state index is 7.72. The zero-order valence-corrected chi connectivity index (χ0v) is 9.15. The normalized spacial score (nSPS) is 23.2. The fraction of sp³-hybridized carbons (Fsp3) is 0.500. The van der Waals surface area contributed by atoms with E-state index in [0.29, 0.717) is 5.71 Å². The first-order chi connectivity index (χ1) is 5.96. The summed E-state index contributed by atoms with van der Waals surface area (Å²) in [7, 11) is 0. The van der Waals surface area contributed by atoms with Crippen molar-refractivity contribution in [2.45, 2.75) is 26.8 Å². The van der Waals surface area contributed by atoms with Gasteiger partial charge in [-0.25, -0.2) is 0 Å². The van der Waals surface area contributed by atoms with Gasteiger partial charge >= 0.3 is 0 Å². The molecule has 13 heavy (non-hydrogen) atoms. The van der Waals surface area contributed by atoms with E-state index in [-0.39, 0.29) is 11.5 Å². The molecule has 0 fully saturated rings. The highest BCUT2D eigenvalue weighted by Gasteiger charge is 2.27. The lowest BCUT2D eigenvalue weighted by Gasteiger charge is -2.31. The zero-order valence-electron chi connectivity index (χ0n) is 8.26. The fourth-order valence-electron chi connectivity index (χ4n) is 1.44. The minimum Gasteiger partial charge on any atom is -0.303 e. The van der Waals surface area contributed by atoms with Crippen LogP contribution in [0.5, 0.6) is 0 Å². The van der Waals surface area contributed by atoms with Gasteiger partial charge in [0.1, 0.15) is 0 Å². The first-order valence-corrected chi connectivity index (χ1v) is 4.78. The van der Waals surface area contributed by atoms with Gasteiger partial charge in [-0.05, 0) is 17.1 Å². The van der Waals surface area contributed by atoms with E-state index in [1.807, 2.05) is 6.08 Å². The molecule has 0 radical (unpaired) electrons. The molecule has 0 unspecified atom stereocenters. The van der Waals surface area contributed by atoms with Gasteiger partial charge in [0.05, 0.1) is 11.8 Å². The van der Waals surface area contributed by atoms with Crippen molar-refractivity contribution in [1.29, 1.82) is 5.41 Å². The van der Waals surface area contributed by atoms with E-state index in [1.165, 1.54) is 5.57 Å². The Labute approximate surface area is 85.2 Å². The summed E-state index contributed by atoms with van der Waals surface area (Å²) in [5, 5.41) is 7.72. The molecule has 0 aromatic rings. The third-order valence-corrected chi connectivity index (χ3v) is 2.43. The van der Waals surface area contributed by atoms with Crippen LogP contribution in [-0.4, -0.2) is 11.8 Å². The molecule has 1 aliphatic carbocycles. The van der Waals surface area contributed by atoms with Gasteiger partial charge in [-0.1, -0.05) is 45.7 Å². The SMILES string of the molecule is CC(C)(C)C1=CC=CC(=N)[C@H]1NS. The molecular formula is C10H16N2S. The third-order valence-electron chi connectivity index (χ3n) is 2.17. The lowest BCUT2D eigenvalue weighted by molar-refractivity contribution is 0.478. The van der Waals surface area contributed by atoms with E-state index < -0.39 is 0 Å². The summed E-state index contributed by atoms with van der Waals surface area (Å²) in [4.78, 5) is 0. The summed E-state index contributed by atoms with van der Waals surface area (Å²) in [6.07, 6.45) is 5.78. The molecule has 0 bridgehead atoms. The summed E-state index contributed by atoms with van der Waals surface area (Å²) < 4.78 is 2.86. The van der Waals surface area contributed by atoms with Crippen molar-refractivity contribution in [2.75, 3.05) is 0 Å². The highest BCUT2D eigenvalue weighted by atomic mass is 32.1. The van der Waals surface area contributed by atoms with Gasteiger partial charge in [0.25, 0.3) is 0 Å². The van der Waals surface area contributed by atoms with Gasteiger partial charge in [-0.2, -0.15) is 0 Å². The van der Waals surface area contributed by atoms with E-state index in [0.717, 1.165) is 0 Å². The van der Waals surface area contributed by atoms with Gasteiger partial charge < -0.3 is 5.41 Å². The average Bonchev–Trinajstić information content (AvgIpc) is 2.02.